The summed E-state index contributed by atoms with van der Waals surface area (Å²) in [6.45, 7) is 5.80. The van der Waals surface area contributed by atoms with Gasteiger partial charge in [-0.1, -0.05) is 6.92 Å². The lowest BCUT2D eigenvalue weighted by atomic mass is 10.00. The van der Waals surface area contributed by atoms with Crippen LogP contribution in [-0.4, -0.2) is 35.1 Å². The summed E-state index contributed by atoms with van der Waals surface area (Å²) in [5, 5.41) is 6.42. The maximum Gasteiger partial charge on any atom is 0.223 e. The van der Waals surface area contributed by atoms with Gasteiger partial charge in [0.1, 0.15) is 5.82 Å². The molecule has 5 nitrogen and oxygen atoms in total. The second-order valence-corrected chi connectivity index (χ2v) is 5.41. The number of hydrogen-bond acceptors (Lipinski definition) is 3. The summed E-state index contributed by atoms with van der Waals surface area (Å²) in [5.74, 6) is 1.55. The van der Waals surface area contributed by atoms with Gasteiger partial charge in [-0.05, 0) is 38.8 Å². The van der Waals surface area contributed by atoms with Gasteiger partial charge in [-0.25, -0.2) is 4.98 Å². The van der Waals surface area contributed by atoms with E-state index >= 15 is 0 Å². The van der Waals surface area contributed by atoms with Crippen molar-refractivity contribution in [1.82, 2.24) is 20.2 Å². The number of nitrogens with zero attached hydrogens (tertiary/aromatic N) is 2. The Kier molecular flexibility index (Phi) is 6.05. The largest absolute Gasteiger partial charge is 0.356 e. The molecule has 2 rings (SSSR count). The van der Waals surface area contributed by atoms with Crippen LogP contribution >= 0.6 is 0 Å². The Hall–Kier alpha value is -1.36. The first-order chi connectivity index (χ1) is 9.81. The van der Waals surface area contributed by atoms with E-state index in [-0.39, 0.29) is 11.8 Å². The molecule has 1 aliphatic rings. The fourth-order valence-corrected chi connectivity index (χ4v) is 2.74. The van der Waals surface area contributed by atoms with Gasteiger partial charge in [0.15, 0.2) is 0 Å². The molecule has 1 amide bonds. The van der Waals surface area contributed by atoms with Crippen molar-refractivity contribution >= 4 is 5.91 Å². The molecule has 1 aromatic heterocycles. The Morgan fingerprint density at radius 2 is 2.40 bits per heavy atom. The van der Waals surface area contributed by atoms with E-state index in [1.165, 1.54) is 0 Å². The predicted octanol–water partition coefficient (Wildman–Crippen LogP) is 1.34. The van der Waals surface area contributed by atoms with Gasteiger partial charge in [0.2, 0.25) is 5.91 Å². The number of aromatic nitrogens is 2. The van der Waals surface area contributed by atoms with Crippen LogP contribution in [0, 0.1) is 5.92 Å². The van der Waals surface area contributed by atoms with Crippen LogP contribution in [0.15, 0.2) is 12.4 Å². The van der Waals surface area contributed by atoms with Gasteiger partial charge in [-0.2, -0.15) is 0 Å². The van der Waals surface area contributed by atoms with E-state index in [2.05, 4.69) is 27.1 Å². The Morgan fingerprint density at radius 3 is 3.25 bits per heavy atom. The van der Waals surface area contributed by atoms with Crippen molar-refractivity contribution in [2.45, 2.75) is 45.6 Å². The number of nitrogens with one attached hydrogen (secondary N) is 2. The molecule has 0 aromatic carbocycles. The summed E-state index contributed by atoms with van der Waals surface area (Å²) in [4.78, 5) is 16.4. The third-order valence-electron chi connectivity index (χ3n) is 3.94. The minimum atomic E-state index is 0.199. The average Bonchev–Trinajstić information content (AvgIpc) is 2.74. The fraction of sp³-hybridized carbons (Fsp3) is 0.733. The monoisotopic (exact) mass is 278 g/mol. The molecule has 0 radical (unpaired) electrons. The van der Waals surface area contributed by atoms with Gasteiger partial charge in [0.25, 0.3) is 0 Å². The van der Waals surface area contributed by atoms with E-state index < -0.39 is 0 Å². The second-order valence-electron chi connectivity index (χ2n) is 5.41. The molecule has 0 spiro atoms. The van der Waals surface area contributed by atoms with Crippen molar-refractivity contribution in [2.24, 2.45) is 5.92 Å². The number of rotatable bonds is 6. The smallest absolute Gasteiger partial charge is 0.223 e. The molecule has 1 fully saturated rings. The molecular weight excluding hydrogens is 252 g/mol. The first-order valence-corrected chi connectivity index (χ1v) is 7.79. The van der Waals surface area contributed by atoms with Crippen LogP contribution in [-0.2, 0) is 17.8 Å². The Bertz CT molecular complexity index is 408. The number of hydrogen-bond donors (Lipinski definition) is 2. The average molecular weight is 278 g/mol. The Balaban J connectivity index is 1.66. The highest BCUT2D eigenvalue weighted by Gasteiger charge is 2.19. The van der Waals surface area contributed by atoms with Crippen molar-refractivity contribution < 1.29 is 4.79 Å². The maximum absolute atomic E-state index is 12.1. The summed E-state index contributed by atoms with van der Waals surface area (Å²) < 4.78 is 2.17. The van der Waals surface area contributed by atoms with E-state index in [4.69, 9.17) is 0 Å². The zero-order valence-corrected chi connectivity index (χ0v) is 12.4. The summed E-state index contributed by atoms with van der Waals surface area (Å²) >= 11 is 0. The number of imidazole rings is 1. The summed E-state index contributed by atoms with van der Waals surface area (Å²) in [5.41, 5.74) is 0. The van der Waals surface area contributed by atoms with Crippen molar-refractivity contribution in [3.8, 4) is 0 Å². The first kappa shape index (κ1) is 15.0. The van der Waals surface area contributed by atoms with Gasteiger partial charge < -0.3 is 15.2 Å². The predicted molar refractivity (Wildman–Crippen MR) is 79.4 cm³/mol. The molecule has 0 bridgehead atoms. The molecule has 0 aliphatic carbocycles. The third kappa shape index (κ3) is 4.34. The fourth-order valence-electron chi connectivity index (χ4n) is 2.74. The standard InChI is InChI=1S/C15H26N4O/c1-2-14-17-10-12-19(14)11-4-8-18-15(20)13-5-3-7-16-9-6-13/h10,12-13,16H,2-9,11H2,1H3,(H,18,20)/t13-/m1/s1. The van der Waals surface area contributed by atoms with Crippen LogP contribution < -0.4 is 10.6 Å². The van der Waals surface area contributed by atoms with E-state index in [0.29, 0.717) is 0 Å². The lowest BCUT2D eigenvalue weighted by molar-refractivity contribution is -0.125. The molecular formula is C15H26N4O. The summed E-state index contributed by atoms with van der Waals surface area (Å²) in [6, 6.07) is 0. The molecule has 1 aromatic rings. The summed E-state index contributed by atoms with van der Waals surface area (Å²) in [7, 11) is 0. The van der Waals surface area contributed by atoms with E-state index in [0.717, 1.165) is 64.1 Å². The van der Waals surface area contributed by atoms with E-state index in [1.807, 2.05) is 12.4 Å². The molecule has 0 unspecified atom stereocenters. The first-order valence-electron chi connectivity index (χ1n) is 7.79. The SMILES string of the molecule is CCc1nccn1CCCNC(=O)[C@@H]1CCCNCC1. The highest BCUT2D eigenvalue weighted by Crippen LogP contribution is 2.13. The third-order valence-corrected chi connectivity index (χ3v) is 3.94. The van der Waals surface area contributed by atoms with Crippen LogP contribution in [0.5, 0.6) is 0 Å². The molecule has 2 N–H and O–H groups in total. The zero-order valence-electron chi connectivity index (χ0n) is 12.4. The molecule has 2 heterocycles. The van der Waals surface area contributed by atoms with Gasteiger partial charge in [-0.15, -0.1) is 0 Å². The minimum Gasteiger partial charge on any atom is -0.356 e. The molecule has 20 heavy (non-hydrogen) atoms. The van der Waals surface area contributed by atoms with E-state index in [1.54, 1.807) is 0 Å². The topological polar surface area (TPSA) is 59.0 Å². The number of carbonyl (C=O) groups is 1. The Labute approximate surface area is 121 Å². The number of aryl methyl sites for hydroxylation is 2. The molecule has 5 heteroatoms. The lowest BCUT2D eigenvalue weighted by Crippen LogP contribution is -2.32. The minimum absolute atomic E-state index is 0.199. The van der Waals surface area contributed by atoms with Crippen molar-refractivity contribution in [2.75, 3.05) is 19.6 Å². The maximum atomic E-state index is 12.1. The van der Waals surface area contributed by atoms with Gasteiger partial charge in [-0.3, -0.25) is 4.79 Å². The number of carbonyl (C=O) groups excluding carboxylic acids is 1. The summed E-state index contributed by atoms with van der Waals surface area (Å²) in [6.07, 6.45) is 8.85. The van der Waals surface area contributed by atoms with E-state index in [9.17, 15) is 4.79 Å². The Morgan fingerprint density at radius 1 is 1.50 bits per heavy atom. The van der Waals surface area contributed by atoms with Crippen molar-refractivity contribution in [3.05, 3.63) is 18.2 Å². The van der Waals surface area contributed by atoms with Crippen molar-refractivity contribution in [1.29, 1.82) is 0 Å². The van der Waals surface area contributed by atoms with Crippen LogP contribution in [0.3, 0.4) is 0 Å². The quantitative estimate of drug-likeness (QED) is 0.772. The molecule has 0 saturated carbocycles. The normalized spacial score (nSPS) is 19.6. The van der Waals surface area contributed by atoms with Gasteiger partial charge in [0, 0.05) is 37.8 Å². The second kappa shape index (κ2) is 8.04. The van der Waals surface area contributed by atoms with Gasteiger partial charge >= 0.3 is 0 Å². The molecule has 1 saturated heterocycles. The van der Waals surface area contributed by atoms with Crippen LogP contribution in [0.2, 0.25) is 0 Å². The van der Waals surface area contributed by atoms with Crippen LogP contribution in [0.4, 0.5) is 0 Å². The van der Waals surface area contributed by atoms with Crippen LogP contribution in [0.1, 0.15) is 38.4 Å². The lowest BCUT2D eigenvalue weighted by Gasteiger charge is -2.14. The highest BCUT2D eigenvalue weighted by molar-refractivity contribution is 5.78. The number of amides is 1. The highest BCUT2D eigenvalue weighted by atomic mass is 16.1. The molecule has 112 valence electrons. The van der Waals surface area contributed by atoms with Gasteiger partial charge in [0.05, 0.1) is 0 Å². The van der Waals surface area contributed by atoms with Crippen LogP contribution in [0.25, 0.3) is 0 Å². The molecule has 1 atom stereocenters. The van der Waals surface area contributed by atoms with Crippen molar-refractivity contribution in [3.63, 3.8) is 0 Å². The molecule has 1 aliphatic heterocycles. The zero-order chi connectivity index (χ0) is 14.2.